The SMILES string of the molecule is CC1C=CC=C(C(C)C)C=N1. The molecule has 0 saturated heterocycles. The van der Waals surface area contributed by atoms with Gasteiger partial charge in [-0.25, -0.2) is 0 Å². The van der Waals surface area contributed by atoms with Crippen LogP contribution >= 0.6 is 0 Å². The van der Waals surface area contributed by atoms with E-state index in [9.17, 15) is 0 Å². The summed E-state index contributed by atoms with van der Waals surface area (Å²) < 4.78 is 0. The zero-order valence-electron chi connectivity index (χ0n) is 7.41. The number of hydrogen-bond donors (Lipinski definition) is 0. The van der Waals surface area contributed by atoms with Crippen molar-refractivity contribution < 1.29 is 0 Å². The zero-order chi connectivity index (χ0) is 8.27. The first-order valence-electron chi connectivity index (χ1n) is 4.11. The Bertz CT molecular complexity index is 209. The standard InChI is InChI=1S/C10H15N/c1-8(2)10-6-4-5-9(3)11-7-10/h4-9H,1-3H3. The van der Waals surface area contributed by atoms with E-state index >= 15 is 0 Å². The number of allylic oxidation sites excluding steroid dienone is 3. The van der Waals surface area contributed by atoms with Crippen molar-refractivity contribution in [2.75, 3.05) is 0 Å². The Morgan fingerprint density at radius 1 is 1.45 bits per heavy atom. The van der Waals surface area contributed by atoms with Gasteiger partial charge in [0, 0.05) is 6.21 Å². The molecule has 0 spiro atoms. The van der Waals surface area contributed by atoms with Gasteiger partial charge in [-0.05, 0) is 18.4 Å². The fourth-order valence-electron chi connectivity index (χ4n) is 0.965. The first-order valence-corrected chi connectivity index (χ1v) is 4.11. The minimum absolute atomic E-state index is 0.336. The number of hydrogen-bond acceptors (Lipinski definition) is 1. The van der Waals surface area contributed by atoms with E-state index in [1.54, 1.807) is 0 Å². The highest BCUT2D eigenvalue weighted by Crippen LogP contribution is 2.10. The van der Waals surface area contributed by atoms with E-state index in [4.69, 9.17) is 0 Å². The summed E-state index contributed by atoms with van der Waals surface area (Å²) in [6.07, 6.45) is 8.31. The quantitative estimate of drug-likeness (QED) is 0.543. The Kier molecular flexibility index (Phi) is 2.64. The summed E-state index contributed by atoms with van der Waals surface area (Å²) in [4.78, 5) is 4.35. The molecule has 1 rings (SSSR count). The van der Waals surface area contributed by atoms with E-state index in [2.05, 4.69) is 44.0 Å². The van der Waals surface area contributed by atoms with Crippen LogP contribution in [0.1, 0.15) is 20.8 Å². The van der Waals surface area contributed by atoms with Gasteiger partial charge in [-0.1, -0.05) is 32.1 Å². The summed E-state index contributed by atoms with van der Waals surface area (Å²) in [5, 5.41) is 0. The predicted molar refractivity (Wildman–Crippen MR) is 50.0 cm³/mol. The summed E-state index contributed by atoms with van der Waals surface area (Å²) in [5.41, 5.74) is 1.31. The van der Waals surface area contributed by atoms with Gasteiger partial charge in [0.25, 0.3) is 0 Å². The van der Waals surface area contributed by atoms with E-state index in [0.29, 0.717) is 12.0 Å². The highest BCUT2D eigenvalue weighted by molar-refractivity contribution is 5.80. The smallest absolute Gasteiger partial charge is 0.0654 e. The highest BCUT2D eigenvalue weighted by atomic mass is 14.7. The fraction of sp³-hybridized carbons (Fsp3) is 0.500. The molecule has 1 atom stereocenters. The van der Waals surface area contributed by atoms with Crippen molar-refractivity contribution in [3.05, 3.63) is 23.8 Å². The molecule has 1 unspecified atom stereocenters. The molecular weight excluding hydrogens is 134 g/mol. The van der Waals surface area contributed by atoms with Crippen LogP contribution in [-0.2, 0) is 0 Å². The van der Waals surface area contributed by atoms with Gasteiger partial charge in [-0.15, -0.1) is 0 Å². The normalized spacial score (nSPS) is 23.6. The molecular formula is C10H15N. The van der Waals surface area contributed by atoms with Crippen molar-refractivity contribution in [3.8, 4) is 0 Å². The molecule has 1 aliphatic heterocycles. The Morgan fingerprint density at radius 2 is 2.18 bits per heavy atom. The van der Waals surface area contributed by atoms with Crippen LogP contribution in [0.4, 0.5) is 0 Å². The monoisotopic (exact) mass is 149 g/mol. The second kappa shape index (κ2) is 3.51. The van der Waals surface area contributed by atoms with Gasteiger partial charge in [-0.2, -0.15) is 0 Å². The van der Waals surface area contributed by atoms with Crippen LogP contribution in [0.2, 0.25) is 0 Å². The lowest BCUT2D eigenvalue weighted by Gasteiger charge is -2.02. The van der Waals surface area contributed by atoms with E-state index in [0.717, 1.165) is 0 Å². The molecule has 0 N–H and O–H groups in total. The number of rotatable bonds is 1. The lowest BCUT2D eigenvalue weighted by Crippen LogP contribution is -1.96. The maximum atomic E-state index is 4.35. The number of aliphatic imine (C=N–C) groups is 1. The van der Waals surface area contributed by atoms with Crippen molar-refractivity contribution in [2.24, 2.45) is 10.9 Å². The maximum Gasteiger partial charge on any atom is 0.0654 e. The van der Waals surface area contributed by atoms with Gasteiger partial charge >= 0.3 is 0 Å². The van der Waals surface area contributed by atoms with E-state index in [1.165, 1.54) is 5.57 Å². The van der Waals surface area contributed by atoms with Crippen LogP contribution in [0.5, 0.6) is 0 Å². The van der Waals surface area contributed by atoms with E-state index in [1.807, 2.05) is 6.21 Å². The van der Waals surface area contributed by atoms with Gasteiger partial charge in [0.2, 0.25) is 0 Å². The van der Waals surface area contributed by atoms with Crippen molar-refractivity contribution in [2.45, 2.75) is 26.8 Å². The molecule has 0 aliphatic carbocycles. The average Bonchev–Trinajstić information content (AvgIpc) is 2.13. The molecule has 0 aromatic carbocycles. The topological polar surface area (TPSA) is 12.4 Å². The third-order valence-corrected chi connectivity index (χ3v) is 1.80. The van der Waals surface area contributed by atoms with Crippen LogP contribution < -0.4 is 0 Å². The summed E-state index contributed by atoms with van der Waals surface area (Å²) >= 11 is 0. The molecule has 1 nitrogen and oxygen atoms in total. The molecule has 0 fully saturated rings. The van der Waals surface area contributed by atoms with Crippen LogP contribution in [0.3, 0.4) is 0 Å². The highest BCUT2D eigenvalue weighted by Gasteiger charge is 2.01. The molecule has 1 heteroatoms. The first-order chi connectivity index (χ1) is 5.20. The molecule has 60 valence electrons. The van der Waals surface area contributed by atoms with Crippen LogP contribution in [0.25, 0.3) is 0 Å². The molecule has 11 heavy (non-hydrogen) atoms. The van der Waals surface area contributed by atoms with Gasteiger partial charge in [0.1, 0.15) is 0 Å². The summed E-state index contributed by atoms with van der Waals surface area (Å²) in [7, 11) is 0. The van der Waals surface area contributed by atoms with E-state index in [-0.39, 0.29) is 0 Å². The third kappa shape index (κ3) is 2.34. The van der Waals surface area contributed by atoms with Crippen LogP contribution in [0, 0.1) is 5.92 Å². The summed E-state index contributed by atoms with van der Waals surface area (Å²) in [6.45, 7) is 6.45. The third-order valence-electron chi connectivity index (χ3n) is 1.80. The summed E-state index contributed by atoms with van der Waals surface area (Å²) in [5.74, 6) is 0.577. The molecule has 0 saturated carbocycles. The molecule has 0 aromatic rings. The molecule has 1 aliphatic rings. The van der Waals surface area contributed by atoms with Crippen molar-refractivity contribution in [3.63, 3.8) is 0 Å². The Balaban J connectivity index is 2.76. The van der Waals surface area contributed by atoms with Crippen molar-refractivity contribution >= 4 is 6.21 Å². The van der Waals surface area contributed by atoms with Gasteiger partial charge in [-0.3, -0.25) is 4.99 Å². The van der Waals surface area contributed by atoms with Crippen LogP contribution in [0.15, 0.2) is 28.8 Å². The van der Waals surface area contributed by atoms with Gasteiger partial charge in [0.05, 0.1) is 6.04 Å². The Labute approximate surface area is 68.5 Å². The Morgan fingerprint density at radius 3 is 2.82 bits per heavy atom. The summed E-state index contributed by atoms with van der Waals surface area (Å²) in [6, 6.07) is 0.336. The minimum Gasteiger partial charge on any atom is -0.286 e. The lowest BCUT2D eigenvalue weighted by atomic mass is 10.0. The largest absolute Gasteiger partial charge is 0.286 e. The van der Waals surface area contributed by atoms with E-state index < -0.39 is 0 Å². The maximum absolute atomic E-state index is 4.35. The molecule has 0 amide bonds. The Hall–Kier alpha value is -0.850. The van der Waals surface area contributed by atoms with Crippen molar-refractivity contribution in [1.29, 1.82) is 0 Å². The second-order valence-electron chi connectivity index (χ2n) is 3.23. The molecule has 0 radical (unpaired) electrons. The molecule has 1 heterocycles. The molecule has 0 bridgehead atoms. The predicted octanol–water partition coefficient (Wildman–Crippen LogP) is 2.60. The number of nitrogens with zero attached hydrogens (tertiary/aromatic N) is 1. The molecule has 0 aromatic heterocycles. The lowest BCUT2D eigenvalue weighted by molar-refractivity contribution is 0.805. The zero-order valence-corrected chi connectivity index (χ0v) is 7.41. The minimum atomic E-state index is 0.336. The van der Waals surface area contributed by atoms with Crippen LogP contribution in [-0.4, -0.2) is 12.3 Å². The second-order valence-corrected chi connectivity index (χ2v) is 3.23. The van der Waals surface area contributed by atoms with Gasteiger partial charge < -0.3 is 0 Å². The fourth-order valence-corrected chi connectivity index (χ4v) is 0.965. The van der Waals surface area contributed by atoms with Gasteiger partial charge in [0.15, 0.2) is 0 Å². The first kappa shape index (κ1) is 8.25. The van der Waals surface area contributed by atoms with Crippen molar-refractivity contribution in [1.82, 2.24) is 0 Å². The average molecular weight is 149 g/mol.